The smallest absolute Gasteiger partial charge is 0.422 e. The molecule has 1 aromatic heterocycles. The molecule has 1 saturated carbocycles. The van der Waals surface area contributed by atoms with Crippen molar-refractivity contribution in [2.45, 2.75) is 37.9 Å². The lowest BCUT2D eigenvalue weighted by Crippen LogP contribution is -2.43. The zero-order valence-corrected chi connectivity index (χ0v) is 12.5. The highest BCUT2D eigenvalue weighted by molar-refractivity contribution is 5.94. The summed E-state index contributed by atoms with van der Waals surface area (Å²) >= 11 is 0. The number of halogens is 3. The monoisotopic (exact) mass is 332 g/mol. The normalized spacial score (nSPS) is 21.7. The molecule has 0 bridgehead atoms. The number of aliphatic hydroxyl groups is 1. The Morgan fingerprint density at radius 3 is 2.70 bits per heavy atom. The fourth-order valence-electron chi connectivity index (χ4n) is 2.62. The summed E-state index contributed by atoms with van der Waals surface area (Å²) in [5.74, 6) is -0.509. The maximum Gasteiger partial charge on any atom is 0.422 e. The van der Waals surface area contributed by atoms with Gasteiger partial charge in [0.25, 0.3) is 5.91 Å². The van der Waals surface area contributed by atoms with Gasteiger partial charge >= 0.3 is 6.18 Å². The van der Waals surface area contributed by atoms with E-state index in [1.807, 2.05) is 0 Å². The summed E-state index contributed by atoms with van der Waals surface area (Å²) < 4.78 is 40.6. The molecule has 0 radical (unpaired) electrons. The van der Waals surface area contributed by atoms with Crippen LogP contribution in [0.1, 0.15) is 36.0 Å². The zero-order valence-electron chi connectivity index (χ0n) is 12.5. The summed E-state index contributed by atoms with van der Waals surface area (Å²) in [7, 11) is 0. The quantitative estimate of drug-likeness (QED) is 0.868. The Bertz CT molecular complexity index is 520. The molecule has 0 saturated heterocycles. The number of carbonyl (C=O) groups excluding carboxylic acids is 1. The molecule has 2 unspecified atom stereocenters. The number of nitrogens with zero attached hydrogens (tertiary/aromatic N) is 1. The minimum atomic E-state index is -4.43. The van der Waals surface area contributed by atoms with Crippen molar-refractivity contribution >= 4 is 5.91 Å². The number of aromatic nitrogens is 1. The molecule has 0 aromatic carbocycles. The molecule has 128 valence electrons. The molecule has 1 heterocycles. The van der Waals surface area contributed by atoms with Gasteiger partial charge in [-0.3, -0.25) is 4.79 Å². The summed E-state index contributed by atoms with van der Waals surface area (Å²) in [5.41, 5.74) is 0.242. The van der Waals surface area contributed by atoms with E-state index in [4.69, 9.17) is 0 Å². The third kappa shape index (κ3) is 5.38. The summed E-state index contributed by atoms with van der Waals surface area (Å²) in [5, 5.41) is 12.2. The first-order chi connectivity index (χ1) is 10.9. The van der Waals surface area contributed by atoms with E-state index in [0.29, 0.717) is 0 Å². The van der Waals surface area contributed by atoms with Crippen LogP contribution in [0.25, 0.3) is 0 Å². The van der Waals surface area contributed by atoms with Gasteiger partial charge < -0.3 is 15.2 Å². The van der Waals surface area contributed by atoms with Gasteiger partial charge in [-0.2, -0.15) is 13.2 Å². The van der Waals surface area contributed by atoms with Crippen LogP contribution < -0.4 is 10.1 Å². The van der Waals surface area contributed by atoms with Gasteiger partial charge in [0.15, 0.2) is 6.61 Å². The highest BCUT2D eigenvalue weighted by Gasteiger charge is 2.29. The minimum absolute atomic E-state index is 0.0212. The number of ether oxygens (including phenoxy) is 1. The number of rotatable bonds is 5. The van der Waals surface area contributed by atoms with Crippen molar-refractivity contribution in [2.24, 2.45) is 5.92 Å². The molecule has 2 atom stereocenters. The van der Waals surface area contributed by atoms with Crippen LogP contribution in [0.15, 0.2) is 18.3 Å². The molecular weight excluding hydrogens is 313 g/mol. The van der Waals surface area contributed by atoms with Crippen LogP contribution in [0.5, 0.6) is 5.88 Å². The van der Waals surface area contributed by atoms with E-state index in [0.717, 1.165) is 25.7 Å². The molecule has 2 N–H and O–H groups in total. The summed E-state index contributed by atoms with van der Waals surface area (Å²) in [6.45, 7) is -1.40. The van der Waals surface area contributed by atoms with E-state index in [-0.39, 0.29) is 35.9 Å². The first-order valence-corrected chi connectivity index (χ1v) is 7.46. The van der Waals surface area contributed by atoms with E-state index in [1.54, 1.807) is 0 Å². The van der Waals surface area contributed by atoms with Crippen molar-refractivity contribution in [3.8, 4) is 5.88 Å². The Balaban J connectivity index is 1.92. The van der Waals surface area contributed by atoms with Crippen LogP contribution in [0.2, 0.25) is 0 Å². The Labute approximate surface area is 131 Å². The van der Waals surface area contributed by atoms with Crippen LogP contribution in [-0.4, -0.2) is 41.4 Å². The predicted molar refractivity (Wildman–Crippen MR) is 76.1 cm³/mol. The van der Waals surface area contributed by atoms with E-state index in [9.17, 15) is 23.1 Å². The predicted octanol–water partition coefficient (Wildman–Crippen LogP) is 2.30. The van der Waals surface area contributed by atoms with Crippen molar-refractivity contribution < 1.29 is 27.8 Å². The molecule has 8 heteroatoms. The molecule has 1 amide bonds. The van der Waals surface area contributed by atoms with Crippen LogP contribution in [0.4, 0.5) is 13.2 Å². The fraction of sp³-hybridized carbons (Fsp3) is 0.600. The van der Waals surface area contributed by atoms with Crippen LogP contribution in [-0.2, 0) is 0 Å². The average molecular weight is 332 g/mol. The second kappa shape index (κ2) is 7.63. The number of amides is 1. The largest absolute Gasteiger partial charge is 0.468 e. The third-order valence-corrected chi connectivity index (χ3v) is 3.84. The average Bonchev–Trinajstić information content (AvgIpc) is 2.53. The standard InChI is InChI=1S/C15H19F3N2O3/c16-15(17,18)9-23-13-6-5-10(7-19-13)14(22)20-12-4-2-1-3-11(12)8-21/h5-7,11-12,21H,1-4,8-9H2,(H,20,22). The van der Waals surface area contributed by atoms with Crippen LogP contribution in [0, 0.1) is 5.92 Å². The maximum atomic E-state index is 12.1. The molecule has 0 spiro atoms. The van der Waals surface area contributed by atoms with Crippen molar-refractivity contribution in [3.63, 3.8) is 0 Å². The first kappa shape index (κ1) is 17.5. The second-order valence-corrected chi connectivity index (χ2v) is 5.60. The summed E-state index contributed by atoms with van der Waals surface area (Å²) in [4.78, 5) is 15.9. The molecule has 1 fully saturated rings. The van der Waals surface area contributed by atoms with Gasteiger partial charge in [0.1, 0.15) is 0 Å². The van der Waals surface area contributed by atoms with Gasteiger partial charge in [-0.05, 0) is 18.9 Å². The Hall–Kier alpha value is -1.83. The number of carbonyl (C=O) groups is 1. The second-order valence-electron chi connectivity index (χ2n) is 5.60. The molecule has 1 aliphatic carbocycles. The molecule has 1 aromatic rings. The van der Waals surface area contributed by atoms with Crippen LogP contribution >= 0.6 is 0 Å². The topological polar surface area (TPSA) is 71.5 Å². The Morgan fingerprint density at radius 2 is 2.09 bits per heavy atom. The number of aliphatic hydroxyl groups excluding tert-OH is 1. The van der Waals surface area contributed by atoms with Crippen molar-refractivity contribution in [2.75, 3.05) is 13.2 Å². The van der Waals surface area contributed by atoms with Crippen molar-refractivity contribution in [1.29, 1.82) is 0 Å². The molecule has 5 nitrogen and oxygen atoms in total. The fourth-order valence-corrected chi connectivity index (χ4v) is 2.62. The number of alkyl halides is 3. The number of hydrogen-bond donors (Lipinski definition) is 2. The van der Waals surface area contributed by atoms with E-state index in [1.165, 1.54) is 18.3 Å². The molecule has 1 aliphatic rings. The zero-order chi connectivity index (χ0) is 16.9. The summed E-state index contributed by atoms with van der Waals surface area (Å²) in [6, 6.07) is 2.50. The Morgan fingerprint density at radius 1 is 1.35 bits per heavy atom. The lowest BCUT2D eigenvalue weighted by Gasteiger charge is -2.30. The minimum Gasteiger partial charge on any atom is -0.468 e. The van der Waals surface area contributed by atoms with Gasteiger partial charge in [-0.1, -0.05) is 12.8 Å². The Kier molecular flexibility index (Phi) is 5.81. The van der Waals surface area contributed by atoms with E-state index < -0.39 is 12.8 Å². The van der Waals surface area contributed by atoms with Crippen molar-refractivity contribution in [1.82, 2.24) is 10.3 Å². The van der Waals surface area contributed by atoms with E-state index >= 15 is 0 Å². The first-order valence-electron chi connectivity index (χ1n) is 7.46. The summed E-state index contributed by atoms with van der Waals surface area (Å²) in [6.07, 6.45) is 0.436. The molecule has 2 rings (SSSR count). The third-order valence-electron chi connectivity index (χ3n) is 3.84. The molecule has 0 aliphatic heterocycles. The number of nitrogens with one attached hydrogen (secondary N) is 1. The lowest BCUT2D eigenvalue weighted by molar-refractivity contribution is -0.154. The SMILES string of the molecule is O=C(NC1CCCCC1CO)c1ccc(OCC(F)(F)F)nc1. The van der Waals surface area contributed by atoms with Gasteiger partial charge in [0.05, 0.1) is 5.56 Å². The van der Waals surface area contributed by atoms with Crippen molar-refractivity contribution in [3.05, 3.63) is 23.9 Å². The maximum absolute atomic E-state index is 12.1. The highest BCUT2D eigenvalue weighted by Crippen LogP contribution is 2.24. The molecular formula is C15H19F3N2O3. The van der Waals surface area contributed by atoms with Gasteiger partial charge in [-0.25, -0.2) is 4.98 Å². The molecule has 23 heavy (non-hydrogen) atoms. The number of hydrogen-bond acceptors (Lipinski definition) is 4. The van der Waals surface area contributed by atoms with E-state index in [2.05, 4.69) is 15.0 Å². The van der Waals surface area contributed by atoms with Gasteiger partial charge in [0.2, 0.25) is 5.88 Å². The number of pyridine rings is 1. The van der Waals surface area contributed by atoms with Crippen LogP contribution in [0.3, 0.4) is 0 Å². The van der Waals surface area contributed by atoms with Gasteiger partial charge in [-0.15, -0.1) is 0 Å². The highest BCUT2D eigenvalue weighted by atomic mass is 19.4. The van der Waals surface area contributed by atoms with Gasteiger partial charge in [0, 0.05) is 30.8 Å². The lowest BCUT2D eigenvalue weighted by atomic mass is 9.85.